The molecule has 66 valence electrons. The molecule has 0 aliphatic rings. The van der Waals surface area contributed by atoms with Gasteiger partial charge < -0.3 is 5.11 Å². The summed E-state index contributed by atoms with van der Waals surface area (Å²) < 4.78 is 0. The summed E-state index contributed by atoms with van der Waals surface area (Å²) >= 11 is 11.3. The third kappa shape index (κ3) is 2.38. The molecule has 0 atom stereocenters. The molecule has 4 heteroatoms. The molecule has 0 heterocycles. The largest absolute Gasteiger partial charge is 0.505 e. The quantitative estimate of drug-likeness (QED) is 0.729. The predicted molar refractivity (Wildman–Crippen MR) is 52.8 cm³/mol. The number of allylic oxidation sites excluding steroid dienone is 1. The van der Waals surface area contributed by atoms with Gasteiger partial charge >= 0.3 is 0 Å². The average Bonchev–Trinajstić information content (AvgIpc) is 2.10. The van der Waals surface area contributed by atoms with Crippen LogP contribution < -0.4 is 0 Å². The number of aromatic hydroxyl groups is 1. The van der Waals surface area contributed by atoms with Gasteiger partial charge in [-0.2, -0.15) is 5.26 Å². The number of benzene rings is 1. The Morgan fingerprint density at radius 3 is 2.31 bits per heavy atom. The Labute approximate surface area is 85.6 Å². The minimum absolute atomic E-state index is 0.141. The molecule has 1 aromatic carbocycles. The van der Waals surface area contributed by atoms with Crippen LogP contribution in [0.15, 0.2) is 18.2 Å². The fraction of sp³-hybridized carbons (Fsp3) is 0. The lowest BCUT2D eigenvalue weighted by Gasteiger charge is -2.00. The molecule has 0 spiro atoms. The van der Waals surface area contributed by atoms with Crippen LogP contribution in [-0.4, -0.2) is 5.11 Å². The van der Waals surface area contributed by atoms with Gasteiger partial charge in [0, 0.05) is 6.08 Å². The lowest BCUT2D eigenvalue weighted by Crippen LogP contribution is -1.75. The summed E-state index contributed by atoms with van der Waals surface area (Å²) in [7, 11) is 0. The van der Waals surface area contributed by atoms with Crippen molar-refractivity contribution in [1.29, 1.82) is 5.26 Å². The Balaban J connectivity index is 3.15. The maximum absolute atomic E-state index is 9.20. The molecule has 1 aromatic rings. The average molecular weight is 214 g/mol. The lowest BCUT2D eigenvalue weighted by molar-refractivity contribution is 0.476. The Bertz CT molecular complexity index is 370. The Hall–Kier alpha value is -1.17. The van der Waals surface area contributed by atoms with Crippen molar-refractivity contribution in [2.75, 3.05) is 0 Å². The molecule has 0 unspecified atom stereocenters. The molecule has 1 rings (SSSR count). The Kier molecular flexibility index (Phi) is 3.18. The molecule has 0 saturated carbocycles. The van der Waals surface area contributed by atoms with Gasteiger partial charge in [0.15, 0.2) is 5.75 Å². The van der Waals surface area contributed by atoms with Crippen molar-refractivity contribution < 1.29 is 5.11 Å². The highest BCUT2D eigenvalue weighted by atomic mass is 35.5. The smallest absolute Gasteiger partial charge is 0.152 e. The predicted octanol–water partition coefficient (Wildman–Crippen LogP) is 3.24. The minimum Gasteiger partial charge on any atom is -0.505 e. The first-order valence-electron chi connectivity index (χ1n) is 3.39. The second-order valence-corrected chi connectivity index (χ2v) is 3.11. The molecule has 0 fully saturated rings. The molecule has 13 heavy (non-hydrogen) atoms. The van der Waals surface area contributed by atoms with Crippen LogP contribution in [0.25, 0.3) is 6.08 Å². The van der Waals surface area contributed by atoms with E-state index >= 15 is 0 Å². The molecule has 2 nitrogen and oxygen atoms in total. The van der Waals surface area contributed by atoms with E-state index in [2.05, 4.69) is 0 Å². The first kappa shape index (κ1) is 9.91. The first-order chi connectivity index (χ1) is 6.15. The summed E-state index contributed by atoms with van der Waals surface area (Å²) in [6, 6.07) is 4.89. The minimum atomic E-state index is -0.141. The van der Waals surface area contributed by atoms with Crippen molar-refractivity contribution in [1.82, 2.24) is 0 Å². The van der Waals surface area contributed by atoms with E-state index in [1.54, 1.807) is 6.08 Å². The zero-order valence-electron chi connectivity index (χ0n) is 6.46. The van der Waals surface area contributed by atoms with Gasteiger partial charge in [-0.1, -0.05) is 23.2 Å². The molecular formula is C9H5Cl2NO. The number of phenols is 1. The number of nitrogens with zero attached hydrogens (tertiary/aromatic N) is 1. The van der Waals surface area contributed by atoms with Gasteiger partial charge in [0.05, 0.1) is 16.1 Å². The van der Waals surface area contributed by atoms with Crippen LogP contribution >= 0.6 is 23.2 Å². The second kappa shape index (κ2) is 4.18. The molecule has 0 amide bonds. The summed E-state index contributed by atoms with van der Waals surface area (Å²) in [4.78, 5) is 0. The normalized spacial score (nSPS) is 10.2. The molecule has 1 N–H and O–H groups in total. The van der Waals surface area contributed by atoms with E-state index in [-0.39, 0.29) is 15.8 Å². The van der Waals surface area contributed by atoms with Crippen LogP contribution in [0.5, 0.6) is 5.75 Å². The molecular weight excluding hydrogens is 209 g/mol. The SMILES string of the molecule is N#CC=Cc1cc(Cl)c(O)c(Cl)c1. The highest BCUT2D eigenvalue weighted by Gasteiger charge is 2.04. The third-order valence-electron chi connectivity index (χ3n) is 1.39. The van der Waals surface area contributed by atoms with Gasteiger partial charge in [0.2, 0.25) is 0 Å². The third-order valence-corrected chi connectivity index (χ3v) is 1.97. The summed E-state index contributed by atoms with van der Waals surface area (Å²) in [5.74, 6) is -0.141. The fourth-order valence-corrected chi connectivity index (χ4v) is 1.32. The van der Waals surface area contributed by atoms with Crippen molar-refractivity contribution in [3.05, 3.63) is 33.8 Å². The highest BCUT2D eigenvalue weighted by molar-refractivity contribution is 6.37. The van der Waals surface area contributed by atoms with Gasteiger partial charge in [0.25, 0.3) is 0 Å². The maximum atomic E-state index is 9.20. The maximum Gasteiger partial charge on any atom is 0.152 e. The van der Waals surface area contributed by atoms with Crippen molar-refractivity contribution in [2.45, 2.75) is 0 Å². The lowest BCUT2D eigenvalue weighted by atomic mass is 10.2. The fourth-order valence-electron chi connectivity index (χ4n) is 0.815. The number of halogens is 2. The molecule has 0 radical (unpaired) electrons. The molecule has 0 aliphatic carbocycles. The zero-order valence-corrected chi connectivity index (χ0v) is 7.97. The van der Waals surface area contributed by atoms with Crippen LogP contribution in [0.1, 0.15) is 5.56 Å². The number of hydrogen-bond acceptors (Lipinski definition) is 2. The van der Waals surface area contributed by atoms with Crippen molar-refractivity contribution in [2.24, 2.45) is 0 Å². The van der Waals surface area contributed by atoms with Crippen LogP contribution in [0, 0.1) is 11.3 Å². The Morgan fingerprint density at radius 1 is 1.31 bits per heavy atom. The van der Waals surface area contributed by atoms with Crippen LogP contribution in [0.4, 0.5) is 0 Å². The van der Waals surface area contributed by atoms with E-state index in [0.29, 0.717) is 5.56 Å². The number of nitriles is 1. The summed E-state index contributed by atoms with van der Waals surface area (Å²) in [5, 5.41) is 17.8. The number of rotatable bonds is 1. The number of phenolic OH excluding ortho intramolecular Hbond substituents is 1. The highest BCUT2D eigenvalue weighted by Crippen LogP contribution is 2.32. The second-order valence-electron chi connectivity index (χ2n) is 2.30. The molecule has 0 aromatic heterocycles. The van der Waals surface area contributed by atoms with Gasteiger partial charge in [-0.3, -0.25) is 0 Å². The zero-order chi connectivity index (χ0) is 9.84. The summed E-state index contributed by atoms with van der Waals surface area (Å²) in [6.45, 7) is 0. The molecule has 0 saturated heterocycles. The van der Waals surface area contributed by atoms with E-state index in [4.69, 9.17) is 28.5 Å². The first-order valence-corrected chi connectivity index (χ1v) is 4.15. The van der Waals surface area contributed by atoms with Gasteiger partial charge in [-0.25, -0.2) is 0 Å². The Morgan fingerprint density at radius 2 is 1.85 bits per heavy atom. The van der Waals surface area contributed by atoms with Crippen molar-refractivity contribution in [3.63, 3.8) is 0 Å². The van der Waals surface area contributed by atoms with Crippen LogP contribution in [0.3, 0.4) is 0 Å². The van der Waals surface area contributed by atoms with E-state index < -0.39 is 0 Å². The van der Waals surface area contributed by atoms with E-state index in [1.165, 1.54) is 18.2 Å². The van der Waals surface area contributed by atoms with E-state index in [1.807, 2.05) is 6.07 Å². The van der Waals surface area contributed by atoms with E-state index in [9.17, 15) is 5.11 Å². The van der Waals surface area contributed by atoms with Gasteiger partial charge in [0.1, 0.15) is 0 Å². The van der Waals surface area contributed by atoms with Crippen molar-refractivity contribution >= 4 is 29.3 Å². The standard InChI is InChI=1S/C9H5Cl2NO/c10-7-4-6(2-1-3-12)5-8(11)9(7)13/h1-2,4-5,13H. The number of hydrogen-bond donors (Lipinski definition) is 1. The molecule has 0 aliphatic heterocycles. The topological polar surface area (TPSA) is 44.0 Å². The summed E-state index contributed by atoms with van der Waals surface area (Å²) in [6.07, 6.45) is 2.86. The van der Waals surface area contributed by atoms with Crippen LogP contribution in [0.2, 0.25) is 10.0 Å². The molecule has 0 bridgehead atoms. The van der Waals surface area contributed by atoms with Gasteiger partial charge in [-0.15, -0.1) is 0 Å². The monoisotopic (exact) mass is 213 g/mol. The van der Waals surface area contributed by atoms with Gasteiger partial charge in [-0.05, 0) is 23.8 Å². The summed E-state index contributed by atoms with van der Waals surface area (Å²) in [5.41, 5.74) is 0.675. The van der Waals surface area contributed by atoms with Crippen molar-refractivity contribution in [3.8, 4) is 11.8 Å². The van der Waals surface area contributed by atoms with E-state index in [0.717, 1.165) is 0 Å². The van der Waals surface area contributed by atoms with Crippen LogP contribution in [-0.2, 0) is 0 Å².